The molecular weight excluding hydrogens is 396 g/mol. The second kappa shape index (κ2) is 9.73. The molecule has 0 spiro atoms. The molecule has 164 valence electrons. The van der Waals surface area contributed by atoms with E-state index in [1.807, 2.05) is 41.0 Å². The Morgan fingerprint density at radius 2 is 1.68 bits per heavy atom. The number of hydrogen-bond donors (Lipinski definition) is 0. The summed E-state index contributed by atoms with van der Waals surface area (Å²) in [6.45, 7) is 5.11. The molecule has 2 aliphatic heterocycles. The second-order valence-electron chi connectivity index (χ2n) is 7.86. The lowest BCUT2D eigenvalue weighted by Gasteiger charge is -2.22. The zero-order chi connectivity index (χ0) is 21.6. The lowest BCUT2D eigenvalue weighted by Crippen LogP contribution is -2.37. The number of nitrogens with zero attached hydrogens (tertiary/aromatic N) is 2. The first-order chi connectivity index (χ1) is 15.1. The zero-order valence-corrected chi connectivity index (χ0v) is 17.8. The Balaban J connectivity index is 1.23. The monoisotopic (exact) mass is 424 g/mol. The first-order valence-electron chi connectivity index (χ1n) is 10.8. The van der Waals surface area contributed by atoms with Gasteiger partial charge in [-0.2, -0.15) is 0 Å². The van der Waals surface area contributed by atoms with Gasteiger partial charge in [-0.3, -0.25) is 9.59 Å². The first kappa shape index (κ1) is 21.0. The Bertz CT molecular complexity index is 928. The molecule has 7 heteroatoms. The third kappa shape index (κ3) is 5.29. The average molecular weight is 424 g/mol. The van der Waals surface area contributed by atoms with E-state index in [2.05, 4.69) is 0 Å². The minimum absolute atomic E-state index is 0.0425. The molecule has 4 rings (SSSR count). The summed E-state index contributed by atoms with van der Waals surface area (Å²) >= 11 is 0. The van der Waals surface area contributed by atoms with Crippen molar-refractivity contribution in [1.82, 2.24) is 9.80 Å². The minimum Gasteiger partial charge on any atom is -0.494 e. The number of benzene rings is 2. The number of ether oxygens (including phenoxy) is 3. The van der Waals surface area contributed by atoms with E-state index in [-0.39, 0.29) is 18.6 Å². The van der Waals surface area contributed by atoms with Gasteiger partial charge in [0.05, 0.1) is 6.61 Å². The molecule has 0 atom stereocenters. The van der Waals surface area contributed by atoms with Crippen molar-refractivity contribution in [3.8, 4) is 17.2 Å². The highest BCUT2D eigenvalue weighted by Crippen LogP contribution is 2.32. The fourth-order valence-corrected chi connectivity index (χ4v) is 3.79. The van der Waals surface area contributed by atoms with Gasteiger partial charge in [-0.1, -0.05) is 17.7 Å². The summed E-state index contributed by atoms with van der Waals surface area (Å²) in [5, 5.41) is 0. The minimum atomic E-state index is -0.0425. The van der Waals surface area contributed by atoms with Crippen LogP contribution in [0.25, 0.3) is 0 Å². The molecule has 0 aromatic heterocycles. The van der Waals surface area contributed by atoms with Crippen molar-refractivity contribution < 1.29 is 23.8 Å². The largest absolute Gasteiger partial charge is 0.494 e. The van der Waals surface area contributed by atoms with Crippen molar-refractivity contribution in [3.05, 3.63) is 53.6 Å². The maximum absolute atomic E-state index is 12.9. The van der Waals surface area contributed by atoms with Crippen LogP contribution in [0, 0.1) is 6.92 Å². The number of amides is 2. The molecule has 0 saturated carbocycles. The Morgan fingerprint density at radius 1 is 0.935 bits per heavy atom. The molecule has 7 nitrogen and oxygen atoms in total. The Labute approximate surface area is 182 Å². The van der Waals surface area contributed by atoms with E-state index in [1.54, 1.807) is 18.2 Å². The van der Waals surface area contributed by atoms with Crippen molar-refractivity contribution in [3.63, 3.8) is 0 Å². The van der Waals surface area contributed by atoms with Gasteiger partial charge in [-0.25, -0.2) is 0 Å². The molecule has 0 N–H and O–H groups in total. The van der Waals surface area contributed by atoms with E-state index in [1.165, 1.54) is 5.56 Å². The molecule has 1 saturated heterocycles. The highest BCUT2D eigenvalue weighted by atomic mass is 16.7. The van der Waals surface area contributed by atoms with Gasteiger partial charge >= 0.3 is 0 Å². The molecule has 31 heavy (non-hydrogen) atoms. The van der Waals surface area contributed by atoms with Crippen LogP contribution in [0.1, 0.15) is 35.2 Å². The van der Waals surface area contributed by atoms with Crippen LogP contribution in [0.5, 0.6) is 17.2 Å². The Hall–Kier alpha value is -3.22. The van der Waals surface area contributed by atoms with Crippen LogP contribution in [0.15, 0.2) is 42.5 Å². The summed E-state index contributed by atoms with van der Waals surface area (Å²) in [5.41, 5.74) is 1.77. The predicted molar refractivity (Wildman–Crippen MR) is 116 cm³/mol. The van der Waals surface area contributed by atoms with Gasteiger partial charge in [-0.05, 0) is 50.1 Å². The van der Waals surface area contributed by atoms with Crippen LogP contribution < -0.4 is 14.2 Å². The lowest BCUT2D eigenvalue weighted by atomic mass is 10.1. The molecule has 2 heterocycles. The number of carbonyl (C=O) groups excluding carboxylic acids is 2. The molecule has 2 aromatic rings. The average Bonchev–Trinajstić information content (AvgIpc) is 3.12. The van der Waals surface area contributed by atoms with Gasteiger partial charge in [0.2, 0.25) is 12.7 Å². The van der Waals surface area contributed by atoms with Crippen molar-refractivity contribution in [1.29, 1.82) is 0 Å². The zero-order valence-electron chi connectivity index (χ0n) is 17.8. The summed E-state index contributed by atoms with van der Waals surface area (Å²) in [7, 11) is 0. The number of carbonyl (C=O) groups is 2. The summed E-state index contributed by atoms with van der Waals surface area (Å²) in [5.74, 6) is 2.16. The van der Waals surface area contributed by atoms with Gasteiger partial charge in [-0.15, -0.1) is 0 Å². The van der Waals surface area contributed by atoms with Crippen LogP contribution in [0.2, 0.25) is 0 Å². The topological polar surface area (TPSA) is 68.3 Å². The van der Waals surface area contributed by atoms with Gasteiger partial charge in [0, 0.05) is 38.2 Å². The lowest BCUT2D eigenvalue weighted by molar-refractivity contribution is -0.131. The molecule has 0 bridgehead atoms. The van der Waals surface area contributed by atoms with Crippen LogP contribution in [0.4, 0.5) is 0 Å². The standard InChI is InChI=1S/C24H28N2O5/c1-18-5-8-20(9-6-18)29-15-2-4-23(27)25-11-3-12-26(14-13-25)24(28)19-7-10-21-22(16-19)31-17-30-21/h5-10,16H,2-4,11-15,17H2,1H3. The molecule has 0 aliphatic carbocycles. The van der Waals surface area contributed by atoms with E-state index in [0.29, 0.717) is 62.7 Å². The van der Waals surface area contributed by atoms with Gasteiger partial charge in [0.15, 0.2) is 11.5 Å². The summed E-state index contributed by atoms with van der Waals surface area (Å²) in [4.78, 5) is 29.2. The van der Waals surface area contributed by atoms with Crippen LogP contribution in [-0.4, -0.2) is 61.2 Å². The SMILES string of the molecule is Cc1ccc(OCCCC(=O)N2CCCN(C(=O)c3ccc4c(c3)OCO4)CC2)cc1. The number of fused-ring (bicyclic) bond motifs is 1. The highest BCUT2D eigenvalue weighted by molar-refractivity contribution is 5.95. The quantitative estimate of drug-likeness (QED) is 0.666. The Kier molecular flexibility index (Phi) is 6.60. The summed E-state index contributed by atoms with van der Waals surface area (Å²) in [6.07, 6.45) is 1.88. The van der Waals surface area contributed by atoms with Gasteiger partial charge < -0.3 is 24.0 Å². The number of rotatable bonds is 6. The number of aryl methyl sites for hydroxylation is 1. The molecule has 2 aromatic carbocycles. The molecule has 1 fully saturated rings. The maximum atomic E-state index is 12.9. The van der Waals surface area contributed by atoms with Crippen molar-refractivity contribution in [2.24, 2.45) is 0 Å². The van der Waals surface area contributed by atoms with Crippen LogP contribution in [-0.2, 0) is 4.79 Å². The molecule has 2 aliphatic rings. The third-order valence-electron chi connectivity index (χ3n) is 5.58. The van der Waals surface area contributed by atoms with E-state index < -0.39 is 0 Å². The van der Waals surface area contributed by atoms with Crippen molar-refractivity contribution >= 4 is 11.8 Å². The van der Waals surface area contributed by atoms with E-state index in [4.69, 9.17) is 14.2 Å². The third-order valence-corrected chi connectivity index (χ3v) is 5.58. The number of hydrogen-bond acceptors (Lipinski definition) is 5. The first-order valence-corrected chi connectivity index (χ1v) is 10.8. The highest BCUT2D eigenvalue weighted by Gasteiger charge is 2.24. The molecule has 0 unspecified atom stereocenters. The van der Waals surface area contributed by atoms with E-state index in [9.17, 15) is 9.59 Å². The molecule has 0 radical (unpaired) electrons. The normalized spacial score (nSPS) is 15.5. The maximum Gasteiger partial charge on any atom is 0.254 e. The van der Waals surface area contributed by atoms with Crippen molar-refractivity contribution in [2.45, 2.75) is 26.2 Å². The van der Waals surface area contributed by atoms with Gasteiger partial charge in [0.25, 0.3) is 5.91 Å². The second-order valence-corrected chi connectivity index (χ2v) is 7.86. The molecular formula is C24H28N2O5. The fourth-order valence-electron chi connectivity index (χ4n) is 3.79. The molecule has 2 amide bonds. The smallest absolute Gasteiger partial charge is 0.254 e. The van der Waals surface area contributed by atoms with Crippen LogP contribution in [0.3, 0.4) is 0 Å². The predicted octanol–water partition coefficient (Wildman–Crippen LogP) is 3.26. The van der Waals surface area contributed by atoms with Crippen molar-refractivity contribution in [2.75, 3.05) is 39.6 Å². The van der Waals surface area contributed by atoms with Crippen LogP contribution >= 0.6 is 0 Å². The summed E-state index contributed by atoms with van der Waals surface area (Å²) in [6, 6.07) is 13.2. The fraction of sp³-hybridized carbons (Fsp3) is 0.417. The van der Waals surface area contributed by atoms with Gasteiger partial charge in [0.1, 0.15) is 5.75 Å². The van der Waals surface area contributed by atoms with E-state index >= 15 is 0 Å². The van der Waals surface area contributed by atoms with E-state index in [0.717, 1.165) is 12.2 Å². The Morgan fingerprint density at radius 3 is 2.52 bits per heavy atom. The summed E-state index contributed by atoms with van der Waals surface area (Å²) < 4.78 is 16.4.